The van der Waals surface area contributed by atoms with Gasteiger partial charge in [-0.3, -0.25) is 9.59 Å². The van der Waals surface area contributed by atoms with Gasteiger partial charge >= 0.3 is 0 Å². The molecule has 152 valence electrons. The first-order valence-electron chi connectivity index (χ1n) is 9.83. The highest BCUT2D eigenvalue weighted by Gasteiger charge is 2.32. The number of rotatable bonds is 5. The van der Waals surface area contributed by atoms with Gasteiger partial charge in [0.1, 0.15) is 5.75 Å². The molecule has 0 unspecified atom stereocenters. The second kappa shape index (κ2) is 8.64. The molecule has 1 aliphatic heterocycles. The van der Waals surface area contributed by atoms with E-state index in [1.54, 1.807) is 18.2 Å². The predicted octanol–water partition coefficient (Wildman–Crippen LogP) is 5.09. The first kappa shape index (κ1) is 20.0. The highest BCUT2D eigenvalue weighted by Crippen LogP contribution is 2.35. The predicted molar refractivity (Wildman–Crippen MR) is 115 cm³/mol. The second-order valence-electron chi connectivity index (χ2n) is 7.48. The number of nitrogens with one attached hydrogen (secondary N) is 1. The molecule has 0 aromatic heterocycles. The number of hydrogen-bond acceptors (Lipinski definition) is 3. The summed E-state index contributed by atoms with van der Waals surface area (Å²) in [6.45, 7) is 0.531. The van der Waals surface area contributed by atoms with E-state index in [-0.39, 0.29) is 24.3 Å². The van der Waals surface area contributed by atoms with Crippen molar-refractivity contribution < 1.29 is 14.3 Å². The van der Waals surface area contributed by atoms with Gasteiger partial charge < -0.3 is 15.0 Å². The van der Waals surface area contributed by atoms with E-state index in [9.17, 15) is 9.59 Å². The van der Waals surface area contributed by atoms with Gasteiger partial charge in [0.15, 0.2) is 6.61 Å². The fourth-order valence-corrected chi connectivity index (χ4v) is 4.47. The summed E-state index contributed by atoms with van der Waals surface area (Å²) >= 11 is 11.9. The molecule has 0 spiro atoms. The van der Waals surface area contributed by atoms with Crippen LogP contribution in [0.1, 0.15) is 31.2 Å². The lowest BCUT2D eigenvalue weighted by molar-refractivity contribution is -0.122. The van der Waals surface area contributed by atoms with Gasteiger partial charge in [-0.05, 0) is 55.2 Å². The number of ether oxygens (including phenoxy) is 1. The van der Waals surface area contributed by atoms with Gasteiger partial charge in [0.2, 0.25) is 5.91 Å². The van der Waals surface area contributed by atoms with E-state index >= 15 is 0 Å². The van der Waals surface area contributed by atoms with E-state index in [1.165, 1.54) is 0 Å². The normalized spacial score (nSPS) is 16.0. The van der Waals surface area contributed by atoms with Crippen molar-refractivity contribution in [2.45, 2.75) is 32.1 Å². The molecule has 4 rings (SSSR count). The number of nitrogens with zero attached hydrogens (tertiary/aromatic N) is 1. The Labute approximate surface area is 179 Å². The van der Waals surface area contributed by atoms with Crippen LogP contribution in [0, 0.1) is 5.92 Å². The third kappa shape index (κ3) is 4.51. The van der Waals surface area contributed by atoms with Gasteiger partial charge in [-0.2, -0.15) is 0 Å². The van der Waals surface area contributed by atoms with Crippen LogP contribution in [-0.2, 0) is 16.0 Å². The Balaban J connectivity index is 1.40. The maximum atomic E-state index is 12.9. The minimum Gasteiger partial charge on any atom is -0.482 e. The first-order chi connectivity index (χ1) is 14.0. The van der Waals surface area contributed by atoms with Crippen molar-refractivity contribution >= 4 is 46.4 Å². The molecule has 0 saturated heterocycles. The number of amides is 2. The van der Waals surface area contributed by atoms with Crippen molar-refractivity contribution in [3.63, 3.8) is 0 Å². The van der Waals surface area contributed by atoms with Crippen molar-refractivity contribution in [3.05, 3.63) is 52.0 Å². The summed E-state index contributed by atoms with van der Waals surface area (Å²) in [5.74, 6) is 0.443. The van der Waals surface area contributed by atoms with Crippen LogP contribution in [0.2, 0.25) is 10.0 Å². The molecule has 1 fully saturated rings. The highest BCUT2D eigenvalue weighted by molar-refractivity contribution is 6.35. The molecule has 0 radical (unpaired) electrons. The fraction of sp³-hybridized carbons (Fsp3) is 0.364. The molecule has 0 atom stereocenters. The minimum atomic E-state index is -0.303. The average Bonchev–Trinajstić information content (AvgIpc) is 3.37. The van der Waals surface area contributed by atoms with E-state index in [1.807, 2.05) is 23.1 Å². The van der Waals surface area contributed by atoms with Gasteiger partial charge in [0, 0.05) is 28.9 Å². The molecule has 2 aromatic carbocycles. The molecule has 1 N–H and O–H groups in total. The average molecular weight is 433 g/mol. The molecule has 1 heterocycles. The van der Waals surface area contributed by atoms with E-state index in [2.05, 4.69) is 5.32 Å². The lowest BCUT2D eigenvalue weighted by atomic mass is 10.1. The van der Waals surface area contributed by atoms with E-state index in [0.29, 0.717) is 28.0 Å². The number of carbonyl (C=O) groups excluding carboxylic acids is 2. The van der Waals surface area contributed by atoms with E-state index < -0.39 is 0 Å². The van der Waals surface area contributed by atoms with Crippen LogP contribution in [0.5, 0.6) is 5.75 Å². The van der Waals surface area contributed by atoms with Gasteiger partial charge in [-0.25, -0.2) is 0 Å². The molecule has 1 saturated carbocycles. The Bertz CT molecular complexity index is 942. The molecule has 0 bridgehead atoms. The number of halogens is 2. The highest BCUT2D eigenvalue weighted by atomic mass is 35.5. The zero-order chi connectivity index (χ0) is 20.4. The van der Waals surface area contributed by atoms with Gasteiger partial charge in [0.05, 0.1) is 5.02 Å². The number of carbonyl (C=O) groups is 2. The van der Waals surface area contributed by atoms with Crippen LogP contribution in [-0.4, -0.2) is 25.0 Å². The van der Waals surface area contributed by atoms with Gasteiger partial charge in [-0.1, -0.05) is 42.1 Å². The van der Waals surface area contributed by atoms with Crippen molar-refractivity contribution in [1.29, 1.82) is 0 Å². The third-order valence-corrected chi connectivity index (χ3v) is 6.02. The van der Waals surface area contributed by atoms with E-state index in [4.69, 9.17) is 27.9 Å². The maximum Gasteiger partial charge on any atom is 0.262 e. The topological polar surface area (TPSA) is 58.6 Å². The minimum absolute atomic E-state index is 0.136. The monoisotopic (exact) mass is 432 g/mol. The van der Waals surface area contributed by atoms with Crippen LogP contribution in [0.25, 0.3) is 0 Å². The second-order valence-corrected chi connectivity index (χ2v) is 8.32. The summed E-state index contributed by atoms with van der Waals surface area (Å²) in [4.78, 5) is 27.0. The maximum absolute atomic E-state index is 12.9. The molecule has 2 aromatic rings. The van der Waals surface area contributed by atoms with Crippen molar-refractivity contribution in [3.8, 4) is 5.75 Å². The smallest absolute Gasteiger partial charge is 0.262 e. The summed E-state index contributed by atoms with van der Waals surface area (Å²) in [7, 11) is 0. The Morgan fingerprint density at radius 1 is 1.10 bits per heavy atom. The third-order valence-electron chi connectivity index (χ3n) is 5.49. The van der Waals surface area contributed by atoms with Gasteiger partial charge in [0.25, 0.3) is 5.91 Å². The molecule has 1 aliphatic carbocycles. The van der Waals surface area contributed by atoms with Crippen molar-refractivity contribution in [2.75, 3.05) is 23.4 Å². The molecule has 29 heavy (non-hydrogen) atoms. The Morgan fingerprint density at radius 2 is 1.90 bits per heavy atom. The number of fused-ring (bicyclic) bond motifs is 1. The van der Waals surface area contributed by atoms with Crippen molar-refractivity contribution in [1.82, 2.24) is 0 Å². The Morgan fingerprint density at radius 3 is 2.66 bits per heavy atom. The van der Waals surface area contributed by atoms with Crippen LogP contribution in [0.4, 0.5) is 11.4 Å². The number of anilines is 2. The zero-order valence-electron chi connectivity index (χ0n) is 15.9. The van der Waals surface area contributed by atoms with Crippen LogP contribution in [0.3, 0.4) is 0 Å². The van der Waals surface area contributed by atoms with Crippen LogP contribution >= 0.6 is 23.2 Å². The fourth-order valence-electron chi connectivity index (χ4n) is 4.01. The molecular weight excluding hydrogens is 411 g/mol. The zero-order valence-corrected chi connectivity index (χ0v) is 17.4. The lowest BCUT2D eigenvalue weighted by Crippen LogP contribution is -2.33. The number of hydrogen-bond donors (Lipinski definition) is 1. The van der Waals surface area contributed by atoms with Crippen molar-refractivity contribution in [2.24, 2.45) is 5.92 Å². The van der Waals surface area contributed by atoms with Gasteiger partial charge in [-0.15, -0.1) is 0 Å². The molecular formula is C22H22Cl2N2O3. The molecule has 7 heteroatoms. The van der Waals surface area contributed by atoms with E-state index in [0.717, 1.165) is 43.4 Å². The number of benzene rings is 2. The lowest BCUT2D eigenvalue weighted by Gasteiger charge is -2.21. The summed E-state index contributed by atoms with van der Waals surface area (Å²) in [5, 5.41) is 3.68. The standard InChI is InChI=1S/C22H22Cl2N2O3/c23-16-6-8-20(18(24)11-16)29-13-21(27)25-17-7-5-14-9-10-26(19(14)12-17)22(28)15-3-1-2-4-15/h5-8,11-12,15H,1-4,9-10,13H2,(H,25,27). The summed E-state index contributed by atoms with van der Waals surface area (Å²) in [5.41, 5.74) is 2.69. The summed E-state index contributed by atoms with van der Waals surface area (Å²) in [6.07, 6.45) is 5.06. The molecule has 5 nitrogen and oxygen atoms in total. The largest absolute Gasteiger partial charge is 0.482 e. The van der Waals surface area contributed by atoms with Crippen LogP contribution < -0.4 is 15.0 Å². The Hall–Kier alpha value is -2.24. The quantitative estimate of drug-likeness (QED) is 0.715. The Kier molecular flexibility index (Phi) is 5.97. The summed E-state index contributed by atoms with van der Waals surface area (Å²) in [6, 6.07) is 10.5. The first-order valence-corrected chi connectivity index (χ1v) is 10.6. The summed E-state index contributed by atoms with van der Waals surface area (Å²) < 4.78 is 5.48. The SMILES string of the molecule is O=C(COc1ccc(Cl)cc1Cl)Nc1ccc2c(c1)N(C(=O)C1CCCC1)CC2. The molecule has 2 amide bonds. The molecule has 2 aliphatic rings. The van der Waals surface area contributed by atoms with Crippen LogP contribution in [0.15, 0.2) is 36.4 Å².